The Balaban J connectivity index is 1.72. The van der Waals surface area contributed by atoms with Crippen LogP contribution < -0.4 is 0 Å². The number of carbonyl (C=O) groups is 7. The molecule has 2 aromatic rings. The number of ether oxygens (including phenoxy) is 11. The summed E-state index contributed by atoms with van der Waals surface area (Å²) in [6, 6.07) is 12.3. The highest BCUT2D eigenvalue weighted by Crippen LogP contribution is 2.34. The van der Waals surface area contributed by atoms with Crippen molar-refractivity contribution in [1.29, 1.82) is 0 Å². The molecule has 0 aliphatic carbocycles. The molecule has 310 valence electrons. The van der Waals surface area contributed by atoms with E-state index in [1.54, 1.807) is 24.3 Å². The topological polar surface area (TPSA) is 221 Å². The van der Waals surface area contributed by atoms with E-state index < -0.39 is 116 Å². The summed E-state index contributed by atoms with van der Waals surface area (Å²) in [5.41, 5.74) is 0.244. The second-order valence-electron chi connectivity index (χ2n) is 12.5. The predicted molar refractivity (Wildman–Crippen MR) is 196 cm³/mol. The first-order valence-electron chi connectivity index (χ1n) is 17.2. The number of methoxy groups -OCH3 is 1. The molecule has 0 unspecified atom stereocenters. The maximum absolute atomic E-state index is 13.5. The van der Waals surface area contributed by atoms with E-state index in [1.807, 2.05) is 0 Å². The van der Waals surface area contributed by atoms with Gasteiger partial charge in [-0.05, 0) is 48.5 Å². The number of hydrogen-bond donors (Lipinski definition) is 0. The average Bonchev–Trinajstić information content (AvgIpc) is 3.13. The first kappa shape index (κ1) is 45.2. The lowest BCUT2D eigenvalue weighted by Gasteiger charge is -2.46. The summed E-state index contributed by atoms with van der Waals surface area (Å²) in [6.45, 7) is 4.15. The monoisotopic (exact) mass is 930 g/mol. The Hall–Kier alpha value is -4.47. The number of hydrogen-bond acceptors (Lipinski definition) is 18. The molecule has 0 aromatic heterocycles. The van der Waals surface area contributed by atoms with E-state index >= 15 is 0 Å². The predicted octanol–water partition coefficient (Wildman–Crippen LogP) is 3.37. The van der Waals surface area contributed by atoms with Gasteiger partial charge < -0.3 is 52.1 Å². The summed E-state index contributed by atoms with van der Waals surface area (Å²) in [5, 5.41) is 0. The quantitative estimate of drug-likeness (QED) is 0.196. The summed E-state index contributed by atoms with van der Waals surface area (Å²) < 4.78 is 63.9. The highest BCUT2D eigenvalue weighted by Gasteiger charge is 2.55. The van der Waals surface area contributed by atoms with Crippen LogP contribution in [0.1, 0.15) is 55.3 Å². The van der Waals surface area contributed by atoms with E-state index in [0.717, 1.165) is 34.6 Å². The van der Waals surface area contributed by atoms with Crippen LogP contribution in [0.2, 0.25) is 0 Å². The van der Waals surface area contributed by atoms with Gasteiger partial charge in [0.2, 0.25) is 0 Å². The van der Waals surface area contributed by atoms with E-state index in [1.165, 1.54) is 31.4 Å². The standard InChI is InChI=1S/C37H40Br2O18/c1-17(40)50-28-27(55-36(47-6)32(53-20(4)43)30(28)51-18(2)41)16-49-37-33(54-21(5)44)31(52-19(3)42)29(57-35(46)23-9-13-25(39)14-10-23)26(56-37)15-48-34(45)22-7-11-24(38)12-8-22/h7-14,26-33,36-37H,15-16H2,1-6H3/t26-,27-,28-,29-,30+,31+,32-,33-,36+,37-/m1/s1. The molecule has 0 N–H and O–H groups in total. The Morgan fingerprint density at radius 1 is 0.491 bits per heavy atom. The van der Waals surface area contributed by atoms with Crippen LogP contribution in [0.15, 0.2) is 57.5 Å². The Kier molecular flexibility index (Phi) is 16.5. The zero-order chi connectivity index (χ0) is 42.0. The van der Waals surface area contributed by atoms with Gasteiger partial charge in [-0.1, -0.05) is 31.9 Å². The maximum Gasteiger partial charge on any atom is 0.338 e. The largest absolute Gasteiger partial charge is 0.459 e. The maximum atomic E-state index is 13.5. The highest BCUT2D eigenvalue weighted by molar-refractivity contribution is 9.10. The van der Waals surface area contributed by atoms with Crippen molar-refractivity contribution in [1.82, 2.24) is 0 Å². The molecule has 2 aromatic carbocycles. The molecule has 2 saturated heterocycles. The number of rotatable bonds is 14. The van der Waals surface area contributed by atoms with Crippen LogP contribution in [0, 0.1) is 0 Å². The van der Waals surface area contributed by atoms with Crippen LogP contribution in [0.25, 0.3) is 0 Å². The highest BCUT2D eigenvalue weighted by atomic mass is 79.9. The molecule has 0 radical (unpaired) electrons. The van der Waals surface area contributed by atoms with E-state index in [2.05, 4.69) is 31.9 Å². The molecule has 0 spiro atoms. The van der Waals surface area contributed by atoms with Crippen LogP contribution >= 0.6 is 31.9 Å². The average molecular weight is 933 g/mol. The van der Waals surface area contributed by atoms with Crippen LogP contribution in [0.3, 0.4) is 0 Å². The van der Waals surface area contributed by atoms with Crippen molar-refractivity contribution in [3.05, 3.63) is 68.6 Å². The normalized spacial score (nSPS) is 26.9. The minimum atomic E-state index is -1.70. The first-order valence-corrected chi connectivity index (χ1v) is 18.8. The fourth-order valence-electron chi connectivity index (χ4n) is 5.91. The van der Waals surface area contributed by atoms with E-state index in [0.29, 0.717) is 8.95 Å². The fraction of sp³-hybridized carbons (Fsp3) is 0.486. The van der Waals surface area contributed by atoms with Gasteiger partial charge in [0.1, 0.15) is 18.8 Å². The van der Waals surface area contributed by atoms with Gasteiger partial charge in [0.25, 0.3) is 0 Å². The molecule has 57 heavy (non-hydrogen) atoms. The lowest BCUT2D eigenvalue weighted by Crippen LogP contribution is -2.65. The molecular weight excluding hydrogens is 892 g/mol. The van der Waals surface area contributed by atoms with Crippen LogP contribution in [-0.2, 0) is 76.1 Å². The number of benzene rings is 2. The molecule has 0 amide bonds. The molecule has 20 heteroatoms. The molecular formula is C37H40Br2O18. The van der Waals surface area contributed by atoms with Crippen molar-refractivity contribution in [3.63, 3.8) is 0 Å². The fourth-order valence-corrected chi connectivity index (χ4v) is 6.43. The molecule has 4 rings (SSSR count). The van der Waals surface area contributed by atoms with Crippen molar-refractivity contribution < 1.29 is 85.7 Å². The van der Waals surface area contributed by atoms with Gasteiger partial charge in [-0.3, -0.25) is 24.0 Å². The summed E-state index contributed by atoms with van der Waals surface area (Å²) in [6.07, 6.45) is -15.1. The van der Waals surface area contributed by atoms with Crippen molar-refractivity contribution in [2.45, 2.75) is 96.0 Å². The van der Waals surface area contributed by atoms with Gasteiger partial charge in [-0.2, -0.15) is 0 Å². The van der Waals surface area contributed by atoms with Crippen LogP contribution in [-0.4, -0.2) is 124 Å². The van der Waals surface area contributed by atoms with Crippen molar-refractivity contribution >= 4 is 73.6 Å². The molecule has 10 atom stereocenters. The Labute approximate surface area is 343 Å². The van der Waals surface area contributed by atoms with Crippen LogP contribution in [0.4, 0.5) is 0 Å². The molecule has 2 fully saturated rings. The molecule has 2 aliphatic heterocycles. The Morgan fingerprint density at radius 2 is 0.860 bits per heavy atom. The third-order valence-electron chi connectivity index (χ3n) is 8.13. The molecule has 2 heterocycles. The van der Waals surface area contributed by atoms with E-state index in [9.17, 15) is 33.6 Å². The third kappa shape index (κ3) is 12.8. The number of halogens is 2. The zero-order valence-electron chi connectivity index (χ0n) is 31.4. The van der Waals surface area contributed by atoms with Gasteiger partial charge in [-0.25, -0.2) is 9.59 Å². The van der Waals surface area contributed by atoms with E-state index in [-0.39, 0.29) is 11.1 Å². The first-order chi connectivity index (χ1) is 27.0. The van der Waals surface area contributed by atoms with Crippen molar-refractivity contribution in [3.8, 4) is 0 Å². The molecule has 2 aliphatic rings. The molecule has 0 bridgehead atoms. The van der Waals surface area contributed by atoms with Crippen molar-refractivity contribution in [2.75, 3.05) is 20.3 Å². The molecule has 0 saturated carbocycles. The summed E-state index contributed by atoms with van der Waals surface area (Å²) in [5.74, 6) is -5.94. The van der Waals surface area contributed by atoms with Crippen LogP contribution in [0.5, 0.6) is 0 Å². The summed E-state index contributed by atoms with van der Waals surface area (Å²) in [4.78, 5) is 88.3. The Bertz CT molecular complexity index is 1770. The lowest BCUT2D eigenvalue weighted by molar-refractivity contribution is -0.331. The number of esters is 7. The minimum absolute atomic E-state index is 0.0841. The summed E-state index contributed by atoms with van der Waals surface area (Å²) >= 11 is 6.60. The minimum Gasteiger partial charge on any atom is -0.459 e. The SMILES string of the molecule is CO[C@H]1O[C@H](CO[C@@H]2O[C@H](COC(=O)c3ccc(Br)cc3)[C@@H](OC(=O)c3ccc(Br)cc3)[C@H](OC(C)=O)[C@H]2OC(C)=O)[C@@H](OC(C)=O)[C@H](OC(C)=O)[C@H]1OC(C)=O. The van der Waals surface area contributed by atoms with Gasteiger partial charge in [-0.15, -0.1) is 0 Å². The lowest BCUT2D eigenvalue weighted by atomic mass is 9.97. The Morgan fingerprint density at radius 3 is 1.32 bits per heavy atom. The van der Waals surface area contributed by atoms with Gasteiger partial charge in [0.15, 0.2) is 49.2 Å². The van der Waals surface area contributed by atoms with Gasteiger partial charge in [0.05, 0.1) is 17.7 Å². The smallest absolute Gasteiger partial charge is 0.338 e. The van der Waals surface area contributed by atoms with Gasteiger partial charge in [0, 0.05) is 50.7 Å². The second-order valence-corrected chi connectivity index (χ2v) is 14.3. The molecule has 18 nitrogen and oxygen atoms in total. The number of carbonyl (C=O) groups excluding carboxylic acids is 7. The second kappa shape index (κ2) is 20.8. The van der Waals surface area contributed by atoms with Gasteiger partial charge >= 0.3 is 41.8 Å². The van der Waals surface area contributed by atoms with E-state index in [4.69, 9.17) is 52.1 Å². The summed E-state index contributed by atoms with van der Waals surface area (Å²) in [7, 11) is 1.22. The van der Waals surface area contributed by atoms with Crippen molar-refractivity contribution in [2.24, 2.45) is 0 Å². The third-order valence-corrected chi connectivity index (χ3v) is 9.19. The zero-order valence-corrected chi connectivity index (χ0v) is 34.6.